The fourth-order valence-corrected chi connectivity index (χ4v) is 2.47. The summed E-state index contributed by atoms with van der Waals surface area (Å²) in [5, 5.41) is 12.3. The van der Waals surface area contributed by atoms with Gasteiger partial charge in [0.1, 0.15) is 11.6 Å². The van der Waals surface area contributed by atoms with E-state index in [1.54, 1.807) is 0 Å². The van der Waals surface area contributed by atoms with Crippen LogP contribution in [0.4, 0.5) is 8.78 Å². The Bertz CT molecular complexity index is 459. The minimum atomic E-state index is -0.769. The third-order valence-electron chi connectivity index (χ3n) is 3.59. The number of halogens is 2. The molecule has 0 radical (unpaired) electrons. The molecule has 0 aliphatic heterocycles. The topological polar surface area (TPSA) is 49.3 Å². The van der Waals surface area contributed by atoms with E-state index in [0.29, 0.717) is 0 Å². The maximum Gasteiger partial charge on any atom is 0.254 e. The standard InChI is InChI=1S/C14H17F2NO2/c15-10-5-6-12(16)11(7-10)14(19)17-8-13(18)9-3-1-2-4-9/h5-7,9,13,18H,1-4,8H2,(H,17,19). The largest absolute Gasteiger partial charge is 0.391 e. The van der Waals surface area contributed by atoms with Crippen LogP contribution in [0.5, 0.6) is 0 Å². The number of hydrogen-bond donors (Lipinski definition) is 2. The summed E-state index contributed by atoms with van der Waals surface area (Å²) >= 11 is 0. The summed E-state index contributed by atoms with van der Waals surface area (Å²) in [5.41, 5.74) is -0.335. The first-order valence-electron chi connectivity index (χ1n) is 6.49. The van der Waals surface area contributed by atoms with Gasteiger partial charge in [0.25, 0.3) is 5.91 Å². The zero-order valence-electron chi connectivity index (χ0n) is 10.5. The van der Waals surface area contributed by atoms with Crippen molar-refractivity contribution in [1.29, 1.82) is 0 Å². The van der Waals surface area contributed by atoms with Crippen molar-refractivity contribution >= 4 is 5.91 Å². The Morgan fingerprint density at radius 3 is 2.74 bits per heavy atom. The highest BCUT2D eigenvalue weighted by molar-refractivity contribution is 5.94. The smallest absolute Gasteiger partial charge is 0.254 e. The van der Waals surface area contributed by atoms with Gasteiger partial charge < -0.3 is 10.4 Å². The van der Waals surface area contributed by atoms with Gasteiger partial charge >= 0.3 is 0 Å². The van der Waals surface area contributed by atoms with Crippen LogP contribution in [0.15, 0.2) is 18.2 Å². The van der Waals surface area contributed by atoms with E-state index in [9.17, 15) is 18.7 Å². The molecule has 0 saturated heterocycles. The van der Waals surface area contributed by atoms with Crippen molar-refractivity contribution in [2.75, 3.05) is 6.54 Å². The lowest BCUT2D eigenvalue weighted by molar-refractivity contribution is 0.0837. The minimum absolute atomic E-state index is 0.0689. The van der Waals surface area contributed by atoms with E-state index in [2.05, 4.69) is 5.32 Å². The van der Waals surface area contributed by atoms with E-state index in [4.69, 9.17) is 0 Å². The average molecular weight is 269 g/mol. The molecule has 5 heteroatoms. The summed E-state index contributed by atoms with van der Waals surface area (Å²) in [6.07, 6.45) is 3.46. The van der Waals surface area contributed by atoms with E-state index in [1.807, 2.05) is 0 Å². The van der Waals surface area contributed by atoms with Gasteiger partial charge in [-0.05, 0) is 37.0 Å². The first-order chi connectivity index (χ1) is 9.08. The molecular formula is C14H17F2NO2. The van der Waals surface area contributed by atoms with Crippen LogP contribution in [-0.2, 0) is 0 Å². The zero-order valence-corrected chi connectivity index (χ0v) is 10.5. The van der Waals surface area contributed by atoms with Crippen molar-refractivity contribution in [3.63, 3.8) is 0 Å². The summed E-state index contributed by atoms with van der Waals surface area (Å²) in [4.78, 5) is 11.7. The van der Waals surface area contributed by atoms with Crippen LogP contribution >= 0.6 is 0 Å². The molecule has 2 N–H and O–H groups in total. The Balaban J connectivity index is 1.91. The number of aliphatic hydroxyl groups is 1. The lowest BCUT2D eigenvalue weighted by atomic mass is 10.0. The summed E-state index contributed by atoms with van der Waals surface area (Å²) in [7, 11) is 0. The van der Waals surface area contributed by atoms with Gasteiger partial charge in [0, 0.05) is 6.54 Å². The van der Waals surface area contributed by atoms with Gasteiger partial charge in [-0.1, -0.05) is 12.8 Å². The van der Waals surface area contributed by atoms with Gasteiger partial charge in [-0.25, -0.2) is 8.78 Å². The van der Waals surface area contributed by atoms with Crippen molar-refractivity contribution in [2.24, 2.45) is 5.92 Å². The normalized spacial score (nSPS) is 17.4. The fourth-order valence-electron chi connectivity index (χ4n) is 2.47. The molecule has 2 rings (SSSR count). The average Bonchev–Trinajstić information content (AvgIpc) is 2.92. The van der Waals surface area contributed by atoms with Gasteiger partial charge in [-0.3, -0.25) is 4.79 Å². The predicted octanol–water partition coefficient (Wildman–Crippen LogP) is 2.25. The third kappa shape index (κ3) is 3.50. The molecule has 3 nitrogen and oxygen atoms in total. The van der Waals surface area contributed by atoms with E-state index in [0.717, 1.165) is 43.9 Å². The molecule has 104 valence electrons. The highest BCUT2D eigenvalue weighted by atomic mass is 19.1. The molecule has 0 spiro atoms. The van der Waals surface area contributed by atoms with Crippen molar-refractivity contribution in [3.8, 4) is 0 Å². The number of nitrogens with one attached hydrogen (secondary N) is 1. The maximum absolute atomic E-state index is 13.4. The molecule has 1 aromatic rings. The van der Waals surface area contributed by atoms with E-state index in [-0.39, 0.29) is 18.0 Å². The second-order valence-corrected chi connectivity index (χ2v) is 4.95. The number of hydrogen-bond acceptors (Lipinski definition) is 2. The van der Waals surface area contributed by atoms with E-state index in [1.165, 1.54) is 0 Å². The van der Waals surface area contributed by atoms with E-state index >= 15 is 0 Å². The van der Waals surface area contributed by atoms with Crippen LogP contribution in [0.2, 0.25) is 0 Å². The van der Waals surface area contributed by atoms with Gasteiger partial charge in [-0.15, -0.1) is 0 Å². The molecule has 1 aliphatic carbocycles. The Labute approximate surface area is 110 Å². The molecular weight excluding hydrogens is 252 g/mol. The van der Waals surface area contributed by atoms with E-state index < -0.39 is 23.6 Å². The number of benzene rings is 1. The monoisotopic (exact) mass is 269 g/mol. The summed E-state index contributed by atoms with van der Waals surface area (Å²) in [6.45, 7) is 0.0689. The van der Waals surface area contributed by atoms with Crippen LogP contribution in [-0.4, -0.2) is 23.7 Å². The summed E-state index contributed by atoms with van der Waals surface area (Å²) in [5.74, 6) is -1.94. The predicted molar refractivity (Wildman–Crippen MR) is 66.7 cm³/mol. The Hall–Kier alpha value is -1.49. The van der Waals surface area contributed by atoms with Gasteiger partial charge in [0.05, 0.1) is 11.7 Å². The molecule has 1 unspecified atom stereocenters. The first-order valence-corrected chi connectivity index (χ1v) is 6.49. The minimum Gasteiger partial charge on any atom is -0.391 e. The van der Waals surface area contributed by atoms with Crippen molar-refractivity contribution in [2.45, 2.75) is 31.8 Å². The lowest BCUT2D eigenvalue weighted by Gasteiger charge is -2.18. The molecule has 0 bridgehead atoms. The summed E-state index contributed by atoms with van der Waals surface area (Å²) in [6, 6.07) is 2.73. The van der Waals surface area contributed by atoms with Crippen LogP contribution in [0, 0.1) is 17.6 Å². The fraction of sp³-hybridized carbons (Fsp3) is 0.500. The highest BCUT2D eigenvalue weighted by Gasteiger charge is 2.24. The second-order valence-electron chi connectivity index (χ2n) is 4.95. The van der Waals surface area contributed by atoms with Gasteiger partial charge in [0.15, 0.2) is 0 Å². The number of amides is 1. The highest BCUT2D eigenvalue weighted by Crippen LogP contribution is 2.27. The first kappa shape index (κ1) is 13.9. The van der Waals surface area contributed by atoms with Crippen molar-refractivity contribution in [1.82, 2.24) is 5.32 Å². The lowest BCUT2D eigenvalue weighted by Crippen LogP contribution is -2.36. The molecule has 1 atom stereocenters. The van der Waals surface area contributed by atoms with Crippen LogP contribution in [0.25, 0.3) is 0 Å². The number of carbonyl (C=O) groups excluding carboxylic acids is 1. The van der Waals surface area contributed by atoms with Crippen molar-refractivity contribution < 1.29 is 18.7 Å². The number of rotatable bonds is 4. The van der Waals surface area contributed by atoms with Crippen LogP contribution < -0.4 is 5.32 Å². The molecule has 0 aromatic heterocycles. The second kappa shape index (κ2) is 6.10. The molecule has 0 heterocycles. The molecule has 1 saturated carbocycles. The SMILES string of the molecule is O=C(NCC(O)C1CCCC1)c1cc(F)ccc1F. The molecule has 1 aromatic carbocycles. The number of carbonyl (C=O) groups is 1. The zero-order chi connectivity index (χ0) is 13.8. The summed E-state index contributed by atoms with van der Waals surface area (Å²) < 4.78 is 26.3. The molecule has 1 aliphatic rings. The van der Waals surface area contributed by atoms with Crippen molar-refractivity contribution in [3.05, 3.63) is 35.4 Å². The maximum atomic E-state index is 13.4. The molecule has 19 heavy (non-hydrogen) atoms. The van der Waals surface area contributed by atoms with Gasteiger partial charge in [-0.2, -0.15) is 0 Å². The molecule has 1 fully saturated rings. The quantitative estimate of drug-likeness (QED) is 0.880. The Morgan fingerprint density at radius 1 is 1.37 bits per heavy atom. The molecule has 1 amide bonds. The van der Waals surface area contributed by atoms with Crippen LogP contribution in [0.1, 0.15) is 36.0 Å². The third-order valence-corrected chi connectivity index (χ3v) is 3.59. The van der Waals surface area contributed by atoms with Gasteiger partial charge in [0.2, 0.25) is 0 Å². The Morgan fingerprint density at radius 2 is 2.05 bits per heavy atom. The number of aliphatic hydroxyl groups excluding tert-OH is 1. The van der Waals surface area contributed by atoms with Crippen LogP contribution in [0.3, 0.4) is 0 Å². The Kier molecular flexibility index (Phi) is 4.47.